The summed E-state index contributed by atoms with van der Waals surface area (Å²) >= 11 is 5.23. The molecule has 21 heavy (non-hydrogen) atoms. The highest BCUT2D eigenvalue weighted by Gasteiger charge is 2.18. The van der Waals surface area contributed by atoms with Crippen LogP contribution in [0.3, 0.4) is 0 Å². The SMILES string of the molecule is C[NH+]1CC[NH+](CCCNC(=S)Nc2ccc(F)cc2)CC1. The Balaban J connectivity index is 1.58. The zero-order valence-corrected chi connectivity index (χ0v) is 13.4. The van der Waals surface area contributed by atoms with Gasteiger partial charge in [0.1, 0.15) is 32.0 Å². The third kappa shape index (κ3) is 5.95. The first kappa shape index (κ1) is 16.1. The van der Waals surface area contributed by atoms with Gasteiger partial charge in [-0.05, 0) is 36.5 Å². The van der Waals surface area contributed by atoms with Crippen LogP contribution in [0, 0.1) is 5.82 Å². The van der Waals surface area contributed by atoms with E-state index in [0.29, 0.717) is 5.11 Å². The molecule has 0 aliphatic carbocycles. The molecular formula is C15H25FN4S+2. The summed E-state index contributed by atoms with van der Waals surface area (Å²) in [6.45, 7) is 7.15. The van der Waals surface area contributed by atoms with Crippen molar-refractivity contribution in [1.82, 2.24) is 5.32 Å². The molecule has 0 atom stereocenters. The number of anilines is 1. The Hall–Kier alpha value is -1.24. The van der Waals surface area contributed by atoms with Gasteiger partial charge in [0.15, 0.2) is 5.11 Å². The van der Waals surface area contributed by atoms with Crippen molar-refractivity contribution in [2.75, 3.05) is 51.6 Å². The summed E-state index contributed by atoms with van der Waals surface area (Å²) in [6.07, 6.45) is 1.11. The van der Waals surface area contributed by atoms with Gasteiger partial charge in [0.05, 0.1) is 13.6 Å². The summed E-state index contributed by atoms with van der Waals surface area (Å²) in [4.78, 5) is 3.33. The molecule has 1 heterocycles. The minimum atomic E-state index is -0.239. The number of likely N-dealkylation sites (N-methyl/N-ethyl adjacent to an activating group) is 1. The lowest BCUT2D eigenvalue weighted by molar-refractivity contribution is -1.00. The van der Waals surface area contributed by atoms with Gasteiger partial charge >= 0.3 is 0 Å². The van der Waals surface area contributed by atoms with Crippen molar-refractivity contribution >= 4 is 23.0 Å². The third-order valence-corrected chi connectivity index (χ3v) is 4.15. The fourth-order valence-corrected chi connectivity index (χ4v) is 2.75. The molecule has 2 rings (SSSR count). The van der Waals surface area contributed by atoms with Crippen LogP contribution >= 0.6 is 12.2 Å². The maximum Gasteiger partial charge on any atom is 0.170 e. The van der Waals surface area contributed by atoms with E-state index < -0.39 is 0 Å². The van der Waals surface area contributed by atoms with Crippen LogP contribution < -0.4 is 20.4 Å². The minimum absolute atomic E-state index is 0.239. The van der Waals surface area contributed by atoms with Crippen LogP contribution in [0.25, 0.3) is 0 Å². The number of nitrogens with one attached hydrogen (secondary N) is 4. The van der Waals surface area contributed by atoms with Crippen molar-refractivity contribution in [3.8, 4) is 0 Å². The molecule has 0 spiro atoms. The maximum absolute atomic E-state index is 12.8. The van der Waals surface area contributed by atoms with Crippen LogP contribution in [0.5, 0.6) is 0 Å². The Morgan fingerprint density at radius 3 is 2.52 bits per heavy atom. The van der Waals surface area contributed by atoms with Crippen LogP contribution in [0.4, 0.5) is 10.1 Å². The molecule has 0 bridgehead atoms. The second-order valence-electron chi connectivity index (χ2n) is 5.70. The summed E-state index contributed by atoms with van der Waals surface area (Å²) in [7, 11) is 2.26. The molecule has 1 saturated heterocycles. The summed E-state index contributed by atoms with van der Waals surface area (Å²) in [6, 6.07) is 6.20. The molecule has 1 aliphatic rings. The van der Waals surface area contributed by atoms with Crippen LogP contribution in [-0.2, 0) is 0 Å². The monoisotopic (exact) mass is 312 g/mol. The van der Waals surface area contributed by atoms with Gasteiger partial charge in [-0.15, -0.1) is 0 Å². The molecule has 1 aromatic rings. The van der Waals surface area contributed by atoms with Crippen molar-refractivity contribution in [2.24, 2.45) is 0 Å². The first-order valence-electron chi connectivity index (χ1n) is 7.59. The number of hydrogen-bond donors (Lipinski definition) is 4. The smallest absolute Gasteiger partial charge is 0.170 e. The number of quaternary nitrogens is 2. The van der Waals surface area contributed by atoms with E-state index in [2.05, 4.69) is 17.7 Å². The van der Waals surface area contributed by atoms with Crippen molar-refractivity contribution in [3.63, 3.8) is 0 Å². The first-order chi connectivity index (χ1) is 10.1. The highest BCUT2D eigenvalue weighted by atomic mass is 32.1. The lowest BCUT2D eigenvalue weighted by Crippen LogP contribution is -3.27. The third-order valence-electron chi connectivity index (χ3n) is 3.91. The molecule has 1 fully saturated rings. The van der Waals surface area contributed by atoms with Crippen molar-refractivity contribution in [3.05, 3.63) is 30.1 Å². The Morgan fingerprint density at radius 2 is 1.86 bits per heavy atom. The lowest BCUT2D eigenvalue weighted by Gasteiger charge is -2.27. The largest absolute Gasteiger partial charge is 0.362 e. The van der Waals surface area contributed by atoms with E-state index in [4.69, 9.17) is 12.2 Å². The fraction of sp³-hybridized carbons (Fsp3) is 0.533. The van der Waals surface area contributed by atoms with E-state index in [-0.39, 0.29) is 5.82 Å². The lowest BCUT2D eigenvalue weighted by atomic mass is 10.3. The molecule has 0 saturated carbocycles. The van der Waals surface area contributed by atoms with E-state index in [1.807, 2.05) is 0 Å². The molecule has 6 heteroatoms. The minimum Gasteiger partial charge on any atom is -0.362 e. The average Bonchev–Trinajstić information content (AvgIpc) is 2.48. The quantitative estimate of drug-likeness (QED) is 0.412. The number of halogens is 1. The second-order valence-corrected chi connectivity index (χ2v) is 6.11. The van der Waals surface area contributed by atoms with Crippen molar-refractivity contribution in [2.45, 2.75) is 6.42 Å². The van der Waals surface area contributed by atoms with Crippen LogP contribution in [-0.4, -0.2) is 51.4 Å². The van der Waals surface area contributed by atoms with Crippen LogP contribution in [0.1, 0.15) is 6.42 Å². The summed E-state index contributed by atoms with van der Waals surface area (Å²) in [5, 5.41) is 6.86. The number of hydrogen-bond acceptors (Lipinski definition) is 1. The Bertz CT molecular complexity index is 443. The van der Waals surface area contributed by atoms with Gasteiger partial charge in [0.25, 0.3) is 0 Å². The summed E-state index contributed by atoms with van der Waals surface area (Å²) < 4.78 is 12.8. The van der Waals surface area contributed by atoms with Gasteiger partial charge in [-0.1, -0.05) is 0 Å². The van der Waals surface area contributed by atoms with E-state index in [1.165, 1.54) is 44.9 Å². The molecule has 0 unspecified atom stereocenters. The molecule has 0 radical (unpaired) electrons. The average molecular weight is 312 g/mol. The zero-order valence-electron chi connectivity index (χ0n) is 12.5. The van der Waals surface area contributed by atoms with Crippen LogP contribution in [0.2, 0.25) is 0 Å². The first-order valence-corrected chi connectivity index (χ1v) is 7.99. The molecule has 4 nitrogen and oxygen atoms in total. The van der Waals surface area contributed by atoms with Gasteiger partial charge in [-0.25, -0.2) is 4.39 Å². The molecule has 0 aromatic heterocycles. The summed E-state index contributed by atoms with van der Waals surface area (Å²) in [5.41, 5.74) is 0.807. The van der Waals surface area contributed by atoms with Crippen LogP contribution in [0.15, 0.2) is 24.3 Å². The number of rotatable bonds is 5. The summed E-state index contributed by atoms with van der Waals surface area (Å²) in [5.74, 6) is -0.239. The normalized spacial score (nSPS) is 21.8. The number of benzene rings is 1. The van der Waals surface area contributed by atoms with E-state index in [1.54, 1.807) is 21.9 Å². The zero-order chi connectivity index (χ0) is 15.1. The molecule has 0 amide bonds. The fourth-order valence-electron chi connectivity index (χ4n) is 2.53. The molecular weight excluding hydrogens is 287 g/mol. The van der Waals surface area contributed by atoms with Gasteiger partial charge in [-0.3, -0.25) is 0 Å². The standard InChI is InChI=1S/C15H23FN4S/c1-19-9-11-20(12-10-19)8-2-7-17-15(21)18-14-5-3-13(16)4-6-14/h3-6H,2,7-12H2,1H3,(H2,17,18,21)/p+2. The molecule has 4 N–H and O–H groups in total. The predicted molar refractivity (Wildman–Crippen MR) is 87.4 cm³/mol. The Morgan fingerprint density at radius 1 is 1.19 bits per heavy atom. The van der Waals surface area contributed by atoms with E-state index >= 15 is 0 Å². The van der Waals surface area contributed by atoms with Gasteiger partial charge in [0, 0.05) is 18.7 Å². The topological polar surface area (TPSA) is 32.9 Å². The van der Waals surface area contributed by atoms with E-state index in [9.17, 15) is 4.39 Å². The Kier molecular flexibility index (Phi) is 6.35. The van der Waals surface area contributed by atoms with Crippen molar-refractivity contribution in [1.29, 1.82) is 0 Å². The molecule has 1 aliphatic heterocycles. The molecule has 116 valence electrons. The van der Waals surface area contributed by atoms with E-state index in [0.717, 1.165) is 18.7 Å². The predicted octanol–water partition coefficient (Wildman–Crippen LogP) is -1.08. The highest BCUT2D eigenvalue weighted by molar-refractivity contribution is 7.80. The van der Waals surface area contributed by atoms with Gasteiger partial charge in [0.2, 0.25) is 0 Å². The number of thiocarbonyl (C=S) groups is 1. The Labute approximate surface area is 131 Å². The highest BCUT2D eigenvalue weighted by Crippen LogP contribution is 2.07. The maximum atomic E-state index is 12.8. The van der Waals surface area contributed by atoms with Gasteiger partial charge < -0.3 is 20.4 Å². The van der Waals surface area contributed by atoms with Crippen molar-refractivity contribution < 1.29 is 14.2 Å². The number of piperazine rings is 1. The molecule has 1 aromatic carbocycles. The van der Waals surface area contributed by atoms with Gasteiger partial charge in [-0.2, -0.15) is 0 Å². The second kappa shape index (κ2) is 8.26.